The summed E-state index contributed by atoms with van der Waals surface area (Å²) in [7, 11) is 0. The van der Waals surface area contributed by atoms with E-state index in [1.54, 1.807) is 12.1 Å². The second-order valence-electron chi connectivity index (χ2n) is 7.36. The monoisotopic (exact) mass is 357 g/mol. The highest BCUT2D eigenvalue weighted by atomic mass is 19.1. The van der Waals surface area contributed by atoms with Crippen molar-refractivity contribution in [2.24, 2.45) is 11.7 Å². The molecule has 1 saturated carbocycles. The summed E-state index contributed by atoms with van der Waals surface area (Å²) >= 11 is 0. The minimum Gasteiger partial charge on any atom is -0.328 e. The van der Waals surface area contributed by atoms with Crippen LogP contribution in [0.3, 0.4) is 0 Å². The van der Waals surface area contributed by atoms with Crippen LogP contribution in [0.1, 0.15) is 44.3 Å². The molecule has 1 aromatic carbocycles. The van der Waals surface area contributed by atoms with Gasteiger partial charge in [0.05, 0.1) is 5.56 Å². The third-order valence-corrected chi connectivity index (χ3v) is 5.43. The van der Waals surface area contributed by atoms with Gasteiger partial charge in [0.15, 0.2) is 5.82 Å². The van der Waals surface area contributed by atoms with Gasteiger partial charge in [0.2, 0.25) is 5.91 Å². The van der Waals surface area contributed by atoms with Gasteiger partial charge in [-0.3, -0.25) is 4.79 Å². The third kappa shape index (κ3) is 3.35. The van der Waals surface area contributed by atoms with Crippen molar-refractivity contribution in [1.29, 1.82) is 0 Å². The Bertz CT molecular complexity index is 818. The average molecular weight is 357 g/mol. The Morgan fingerprint density at radius 3 is 2.92 bits per heavy atom. The number of nitrogens with one attached hydrogen (secondary N) is 1. The highest BCUT2D eigenvalue weighted by Crippen LogP contribution is 2.29. The van der Waals surface area contributed by atoms with E-state index in [0.29, 0.717) is 23.5 Å². The second kappa shape index (κ2) is 7.15. The van der Waals surface area contributed by atoms with E-state index in [4.69, 9.17) is 5.73 Å². The summed E-state index contributed by atoms with van der Waals surface area (Å²) in [4.78, 5) is 12.4. The number of amides is 1. The molecule has 7 heteroatoms. The van der Waals surface area contributed by atoms with E-state index in [-0.39, 0.29) is 23.7 Å². The number of hydrogen-bond acceptors (Lipinski definition) is 4. The molecule has 6 nitrogen and oxygen atoms in total. The van der Waals surface area contributed by atoms with E-state index in [1.165, 1.54) is 6.07 Å². The molecule has 1 fully saturated rings. The lowest BCUT2D eigenvalue weighted by Crippen LogP contribution is -2.23. The van der Waals surface area contributed by atoms with E-state index in [9.17, 15) is 9.18 Å². The normalized spacial score (nSPS) is 22.7. The highest BCUT2D eigenvalue weighted by Gasteiger charge is 2.28. The van der Waals surface area contributed by atoms with Gasteiger partial charge < -0.3 is 15.6 Å². The number of nitrogens with zero attached hydrogens (tertiary/aromatic N) is 3. The Kier molecular flexibility index (Phi) is 4.72. The molecule has 2 unspecified atom stereocenters. The summed E-state index contributed by atoms with van der Waals surface area (Å²) in [5, 5.41) is 11.4. The summed E-state index contributed by atoms with van der Waals surface area (Å²) in [5.41, 5.74) is 6.86. The van der Waals surface area contributed by atoms with Crippen LogP contribution < -0.4 is 11.1 Å². The minimum atomic E-state index is -0.356. The van der Waals surface area contributed by atoms with E-state index >= 15 is 0 Å². The SMILES string of the molecule is NC1CCC(C(=O)Nc2ccc(F)c(-c3nnc4n3CCCCC4)c2)C1. The standard InChI is InChI=1S/C19H24FN5O/c20-16-8-7-14(22-19(26)12-5-6-13(21)10-12)11-15(16)18-24-23-17-4-2-1-3-9-25(17)18/h7-8,11-13H,1-6,9-10,21H2,(H,22,26). The number of aryl methyl sites for hydroxylation is 1. The molecular weight excluding hydrogens is 333 g/mol. The zero-order valence-electron chi connectivity index (χ0n) is 14.7. The molecule has 2 aromatic rings. The van der Waals surface area contributed by atoms with Crippen LogP contribution in [0.25, 0.3) is 11.4 Å². The molecule has 26 heavy (non-hydrogen) atoms. The maximum absolute atomic E-state index is 14.5. The van der Waals surface area contributed by atoms with Crippen LogP contribution in [-0.2, 0) is 17.8 Å². The molecule has 1 amide bonds. The molecule has 138 valence electrons. The number of fused-ring (bicyclic) bond motifs is 1. The van der Waals surface area contributed by atoms with E-state index in [0.717, 1.165) is 50.9 Å². The molecule has 3 N–H and O–H groups in total. The van der Waals surface area contributed by atoms with Crippen molar-refractivity contribution < 1.29 is 9.18 Å². The number of aromatic nitrogens is 3. The van der Waals surface area contributed by atoms with E-state index < -0.39 is 0 Å². The van der Waals surface area contributed by atoms with Gasteiger partial charge in [0.1, 0.15) is 11.6 Å². The van der Waals surface area contributed by atoms with Crippen molar-refractivity contribution in [3.63, 3.8) is 0 Å². The van der Waals surface area contributed by atoms with Crippen molar-refractivity contribution >= 4 is 11.6 Å². The van der Waals surface area contributed by atoms with E-state index in [2.05, 4.69) is 15.5 Å². The van der Waals surface area contributed by atoms with Crippen molar-refractivity contribution in [2.45, 2.75) is 57.5 Å². The van der Waals surface area contributed by atoms with Crippen LogP contribution in [-0.4, -0.2) is 26.7 Å². The Morgan fingerprint density at radius 2 is 2.12 bits per heavy atom. The van der Waals surface area contributed by atoms with E-state index in [1.807, 2.05) is 4.57 Å². The van der Waals surface area contributed by atoms with Crippen molar-refractivity contribution in [1.82, 2.24) is 14.8 Å². The van der Waals surface area contributed by atoms with Gasteiger partial charge >= 0.3 is 0 Å². The summed E-state index contributed by atoms with van der Waals surface area (Å²) in [6.07, 6.45) is 6.52. The maximum atomic E-state index is 14.5. The third-order valence-electron chi connectivity index (χ3n) is 5.43. The maximum Gasteiger partial charge on any atom is 0.227 e. The average Bonchev–Trinajstić information content (AvgIpc) is 3.16. The Morgan fingerprint density at radius 1 is 1.23 bits per heavy atom. The molecule has 0 spiro atoms. The zero-order valence-corrected chi connectivity index (χ0v) is 14.7. The fraction of sp³-hybridized carbons (Fsp3) is 0.526. The Balaban J connectivity index is 1.59. The number of hydrogen-bond donors (Lipinski definition) is 2. The quantitative estimate of drug-likeness (QED) is 0.884. The molecule has 0 saturated heterocycles. The van der Waals surface area contributed by atoms with Crippen LogP contribution >= 0.6 is 0 Å². The molecule has 2 heterocycles. The molecule has 1 aromatic heterocycles. The summed E-state index contributed by atoms with van der Waals surface area (Å²) in [6.45, 7) is 0.799. The molecule has 2 aliphatic rings. The summed E-state index contributed by atoms with van der Waals surface area (Å²) < 4.78 is 16.5. The predicted molar refractivity (Wildman–Crippen MR) is 96.9 cm³/mol. The number of carbonyl (C=O) groups is 1. The fourth-order valence-electron chi connectivity index (χ4n) is 3.96. The predicted octanol–water partition coefficient (Wildman–Crippen LogP) is 2.88. The van der Waals surface area contributed by atoms with Crippen molar-refractivity contribution in [3.05, 3.63) is 29.8 Å². The minimum absolute atomic E-state index is 0.0458. The van der Waals surface area contributed by atoms with Crippen LogP contribution in [0.5, 0.6) is 0 Å². The fourth-order valence-corrected chi connectivity index (χ4v) is 3.96. The van der Waals surface area contributed by atoms with Gasteiger partial charge in [-0.25, -0.2) is 4.39 Å². The lowest BCUT2D eigenvalue weighted by Gasteiger charge is -2.13. The number of carbonyl (C=O) groups excluding carboxylic acids is 1. The van der Waals surface area contributed by atoms with Gasteiger partial charge in [-0.05, 0) is 50.3 Å². The van der Waals surface area contributed by atoms with Gasteiger partial charge in [0, 0.05) is 30.6 Å². The first-order chi connectivity index (χ1) is 12.6. The first-order valence-corrected chi connectivity index (χ1v) is 9.40. The second-order valence-corrected chi connectivity index (χ2v) is 7.36. The van der Waals surface area contributed by atoms with Crippen molar-refractivity contribution in [3.8, 4) is 11.4 Å². The van der Waals surface area contributed by atoms with Gasteiger partial charge in [0.25, 0.3) is 0 Å². The molecule has 0 radical (unpaired) electrons. The van der Waals surface area contributed by atoms with Gasteiger partial charge in [-0.2, -0.15) is 0 Å². The Labute approximate surface area is 152 Å². The van der Waals surface area contributed by atoms with Gasteiger partial charge in [-0.1, -0.05) is 6.42 Å². The Hall–Kier alpha value is -2.28. The molecule has 1 aliphatic carbocycles. The summed E-state index contributed by atoms with van der Waals surface area (Å²) in [6, 6.07) is 4.72. The summed E-state index contributed by atoms with van der Waals surface area (Å²) in [5.74, 6) is 0.980. The van der Waals surface area contributed by atoms with Crippen LogP contribution in [0, 0.1) is 11.7 Å². The largest absolute Gasteiger partial charge is 0.328 e. The van der Waals surface area contributed by atoms with Crippen LogP contribution in [0.4, 0.5) is 10.1 Å². The molecular formula is C19H24FN5O. The van der Waals surface area contributed by atoms with Crippen LogP contribution in [0.2, 0.25) is 0 Å². The molecule has 1 aliphatic heterocycles. The number of halogens is 1. The number of nitrogens with two attached hydrogens (primary N) is 1. The zero-order chi connectivity index (χ0) is 18.1. The highest BCUT2D eigenvalue weighted by molar-refractivity contribution is 5.93. The number of benzene rings is 1. The smallest absolute Gasteiger partial charge is 0.227 e. The molecule has 0 bridgehead atoms. The molecule has 4 rings (SSSR count). The lowest BCUT2D eigenvalue weighted by atomic mass is 10.1. The first kappa shape index (κ1) is 17.1. The molecule has 2 atom stereocenters. The number of rotatable bonds is 3. The number of anilines is 1. The lowest BCUT2D eigenvalue weighted by molar-refractivity contribution is -0.119. The van der Waals surface area contributed by atoms with Gasteiger partial charge in [-0.15, -0.1) is 10.2 Å². The van der Waals surface area contributed by atoms with Crippen LogP contribution in [0.15, 0.2) is 18.2 Å². The first-order valence-electron chi connectivity index (χ1n) is 9.40. The topological polar surface area (TPSA) is 85.8 Å². The van der Waals surface area contributed by atoms with Crippen molar-refractivity contribution in [2.75, 3.05) is 5.32 Å².